The van der Waals surface area contributed by atoms with Crippen molar-refractivity contribution in [3.8, 4) is 0 Å². The normalized spacial score (nSPS) is 31.5. The van der Waals surface area contributed by atoms with Gasteiger partial charge in [-0.2, -0.15) is 0 Å². The fourth-order valence-electron chi connectivity index (χ4n) is 1.76. The van der Waals surface area contributed by atoms with Crippen LogP contribution in [0.4, 0.5) is 0 Å². The molecule has 0 heterocycles. The molecule has 0 spiro atoms. The summed E-state index contributed by atoms with van der Waals surface area (Å²) < 4.78 is 0. The minimum Gasteiger partial charge on any atom is -0.396 e. The summed E-state index contributed by atoms with van der Waals surface area (Å²) in [6, 6.07) is 0. The van der Waals surface area contributed by atoms with Gasteiger partial charge in [-0.15, -0.1) is 0 Å². The van der Waals surface area contributed by atoms with Crippen molar-refractivity contribution in [1.82, 2.24) is 0 Å². The van der Waals surface area contributed by atoms with Crippen molar-refractivity contribution in [3.63, 3.8) is 0 Å². The lowest BCUT2D eigenvalue weighted by molar-refractivity contribution is 0.0909. The first kappa shape index (κ1) is 17.0. The predicted octanol–water partition coefficient (Wildman–Crippen LogP) is -0.731. The molecule has 5 unspecified atom stereocenters. The van der Waals surface area contributed by atoms with E-state index in [1.165, 1.54) is 0 Å². The van der Waals surface area contributed by atoms with E-state index in [0.29, 0.717) is 6.32 Å². The molecule has 17 heavy (non-hydrogen) atoms. The van der Waals surface area contributed by atoms with Crippen LogP contribution >= 0.6 is 0 Å². The number of aliphatic hydroxyl groups is 4. The molecular formula is C11H22B2O4. The molecule has 4 N–H and O–H groups in total. The highest BCUT2D eigenvalue weighted by Crippen LogP contribution is 2.33. The lowest BCUT2D eigenvalue weighted by Gasteiger charge is -2.14. The predicted molar refractivity (Wildman–Crippen MR) is 68.1 cm³/mol. The standard InChI is InChI=1S/C6H11BO2.C5H11BO2/c7-5-1-2-6(9)4(5)3-8;1-4(8)5(2-6)3-7/h4-6,8-9H,1-3H2;4-5,7-8H,2-3H2,1H3. The second kappa shape index (κ2) is 8.97. The first-order valence-corrected chi connectivity index (χ1v) is 6.01. The molecule has 1 rings (SSSR count). The number of rotatable bonds is 4. The molecule has 0 saturated heterocycles. The zero-order valence-electron chi connectivity index (χ0n) is 10.4. The number of hydrogen-bond acceptors (Lipinski definition) is 4. The van der Waals surface area contributed by atoms with Crippen molar-refractivity contribution in [1.29, 1.82) is 0 Å². The Balaban J connectivity index is 0.000000304. The van der Waals surface area contributed by atoms with Crippen LogP contribution in [0.25, 0.3) is 0 Å². The van der Waals surface area contributed by atoms with Crippen LogP contribution in [0.2, 0.25) is 12.1 Å². The van der Waals surface area contributed by atoms with Gasteiger partial charge in [0, 0.05) is 25.0 Å². The van der Waals surface area contributed by atoms with Gasteiger partial charge in [-0.1, -0.05) is 18.6 Å². The molecule has 96 valence electrons. The Bertz CT molecular complexity index is 178. The molecule has 1 saturated carbocycles. The molecule has 0 aromatic carbocycles. The van der Waals surface area contributed by atoms with E-state index in [-0.39, 0.29) is 37.0 Å². The van der Waals surface area contributed by atoms with E-state index in [4.69, 9.17) is 36.1 Å². The molecule has 0 bridgehead atoms. The quantitative estimate of drug-likeness (QED) is 0.488. The fraction of sp³-hybridized carbons (Fsp3) is 1.00. The van der Waals surface area contributed by atoms with Crippen LogP contribution in [-0.4, -0.2) is 61.5 Å². The lowest BCUT2D eigenvalue weighted by Crippen LogP contribution is -2.19. The average molecular weight is 240 g/mol. The van der Waals surface area contributed by atoms with E-state index in [1.54, 1.807) is 6.92 Å². The van der Waals surface area contributed by atoms with Crippen molar-refractivity contribution in [2.45, 2.75) is 44.1 Å². The molecule has 5 atom stereocenters. The summed E-state index contributed by atoms with van der Waals surface area (Å²) in [6.07, 6.45) is 1.06. The van der Waals surface area contributed by atoms with Crippen molar-refractivity contribution >= 4 is 15.7 Å². The number of hydrogen-bond donors (Lipinski definition) is 4. The van der Waals surface area contributed by atoms with Gasteiger partial charge in [0.25, 0.3) is 0 Å². The summed E-state index contributed by atoms with van der Waals surface area (Å²) >= 11 is 0. The highest BCUT2D eigenvalue weighted by Gasteiger charge is 2.30. The first-order valence-electron chi connectivity index (χ1n) is 6.01. The van der Waals surface area contributed by atoms with Gasteiger partial charge in [-0.05, 0) is 13.3 Å². The molecular weight excluding hydrogens is 218 g/mol. The van der Waals surface area contributed by atoms with Gasteiger partial charge in [-0.3, -0.25) is 0 Å². The molecule has 1 aliphatic rings. The van der Waals surface area contributed by atoms with Crippen LogP contribution in [0.5, 0.6) is 0 Å². The Morgan fingerprint density at radius 1 is 1.29 bits per heavy atom. The second-order valence-corrected chi connectivity index (χ2v) is 4.57. The van der Waals surface area contributed by atoms with Crippen molar-refractivity contribution < 1.29 is 20.4 Å². The summed E-state index contributed by atoms with van der Waals surface area (Å²) in [7, 11) is 10.7. The average Bonchev–Trinajstić information content (AvgIpc) is 2.60. The zero-order chi connectivity index (χ0) is 13.4. The summed E-state index contributed by atoms with van der Waals surface area (Å²) in [6.45, 7) is 1.60. The number of aliphatic hydroxyl groups excluding tert-OH is 4. The van der Waals surface area contributed by atoms with Crippen LogP contribution in [-0.2, 0) is 0 Å². The molecule has 1 aliphatic carbocycles. The summed E-state index contributed by atoms with van der Waals surface area (Å²) in [5.41, 5.74) is 0. The van der Waals surface area contributed by atoms with Gasteiger partial charge >= 0.3 is 0 Å². The molecule has 0 aromatic heterocycles. The molecule has 0 aliphatic heterocycles. The monoisotopic (exact) mass is 240 g/mol. The molecule has 4 nitrogen and oxygen atoms in total. The lowest BCUT2D eigenvalue weighted by atomic mass is 9.79. The van der Waals surface area contributed by atoms with Crippen LogP contribution in [0, 0.1) is 11.8 Å². The van der Waals surface area contributed by atoms with Crippen LogP contribution in [0.3, 0.4) is 0 Å². The minimum absolute atomic E-state index is 0.00463. The van der Waals surface area contributed by atoms with E-state index >= 15 is 0 Å². The Morgan fingerprint density at radius 3 is 2.00 bits per heavy atom. The Labute approximate surface area is 106 Å². The van der Waals surface area contributed by atoms with Gasteiger partial charge in [0.05, 0.1) is 27.9 Å². The molecule has 0 amide bonds. The first-order chi connectivity index (χ1) is 7.97. The highest BCUT2D eigenvalue weighted by atomic mass is 16.3. The Morgan fingerprint density at radius 2 is 1.88 bits per heavy atom. The van der Waals surface area contributed by atoms with E-state index in [0.717, 1.165) is 12.8 Å². The van der Waals surface area contributed by atoms with Crippen LogP contribution in [0.1, 0.15) is 19.8 Å². The van der Waals surface area contributed by atoms with E-state index < -0.39 is 6.10 Å². The second-order valence-electron chi connectivity index (χ2n) is 4.57. The maximum Gasteiger partial charge on any atom is 0.0705 e. The van der Waals surface area contributed by atoms with Crippen LogP contribution in [0.15, 0.2) is 0 Å². The summed E-state index contributed by atoms with van der Waals surface area (Å²) in [5, 5.41) is 35.0. The smallest absolute Gasteiger partial charge is 0.0705 e. The van der Waals surface area contributed by atoms with Crippen molar-refractivity contribution in [2.24, 2.45) is 11.8 Å². The fourth-order valence-corrected chi connectivity index (χ4v) is 1.76. The van der Waals surface area contributed by atoms with Gasteiger partial charge in [0.15, 0.2) is 0 Å². The van der Waals surface area contributed by atoms with Crippen molar-refractivity contribution in [2.75, 3.05) is 13.2 Å². The van der Waals surface area contributed by atoms with Crippen LogP contribution < -0.4 is 0 Å². The molecule has 4 radical (unpaired) electrons. The van der Waals surface area contributed by atoms with Crippen molar-refractivity contribution in [3.05, 3.63) is 0 Å². The Kier molecular flexibility index (Phi) is 8.96. The molecule has 1 fully saturated rings. The van der Waals surface area contributed by atoms with Gasteiger partial charge in [0.1, 0.15) is 0 Å². The largest absolute Gasteiger partial charge is 0.396 e. The summed E-state index contributed by atoms with van der Waals surface area (Å²) in [5.74, 6) is -0.231. The third kappa shape index (κ3) is 5.91. The molecule has 6 heteroatoms. The topological polar surface area (TPSA) is 80.9 Å². The van der Waals surface area contributed by atoms with E-state index in [9.17, 15) is 0 Å². The Hall–Kier alpha value is -0.0301. The summed E-state index contributed by atoms with van der Waals surface area (Å²) in [4.78, 5) is 0. The van der Waals surface area contributed by atoms with Gasteiger partial charge < -0.3 is 20.4 Å². The maximum absolute atomic E-state index is 9.12. The third-order valence-corrected chi connectivity index (χ3v) is 3.27. The maximum atomic E-state index is 9.12. The highest BCUT2D eigenvalue weighted by molar-refractivity contribution is 6.12. The minimum atomic E-state index is -0.495. The SMILES string of the molecule is [B]C1CCC(O)C1CO.[B]CC(CO)C(C)O. The zero-order valence-corrected chi connectivity index (χ0v) is 10.4. The van der Waals surface area contributed by atoms with E-state index in [2.05, 4.69) is 0 Å². The van der Waals surface area contributed by atoms with Gasteiger partial charge in [0.2, 0.25) is 0 Å². The molecule has 0 aromatic rings. The van der Waals surface area contributed by atoms with Gasteiger partial charge in [-0.25, -0.2) is 0 Å². The third-order valence-electron chi connectivity index (χ3n) is 3.27. The van der Waals surface area contributed by atoms with E-state index in [1.807, 2.05) is 0 Å².